The molecule has 0 saturated carbocycles. The zero-order valence-electron chi connectivity index (χ0n) is 26.3. The van der Waals surface area contributed by atoms with Crippen LogP contribution in [0, 0.1) is 0 Å². The van der Waals surface area contributed by atoms with Gasteiger partial charge in [0.25, 0.3) is 0 Å². The summed E-state index contributed by atoms with van der Waals surface area (Å²) in [6.07, 6.45) is -1.30. The Bertz CT molecular complexity index is 1670. The second-order valence-electron chi connectivity index (χ2n) is 12.3. The number of aliphatic carboxylic acids is 1. The molecular weight excluding hydrogens is 594 g/mol. The van der Waals surface area contributed by atoms with Crippen molar-refractivity contribution in [1.29, 1.82) is 0 Å². The van der Waals surface area contributed by atoms with Gasteiger partial charge in [-0.2, -0.15) is 0 Å². The molecule has 0 aromatic heterocycles. The number of hydrogen-bond acceptors (Lipinski definition) is 6. The lowest BCUT2D eigenvalue weighted by Gasteiger charge is -2.32. The van der Waals surface area contributed by atoms with Gasteiger partial charge in [0.1, 0.15) is 12.1 Å². The fourth-order valence-electron chi connectivity index (χ4n) is 6.60. The van der Waals surface area contributed by atoms with Crippen LogP contribution in [0.4, 0.5) is 4.79 Å². The Hall–Kier alpha value is -4.99. The molecule has 3 unspecified atom stereocenters. The van der Waals surface area contributed by atoms with Crippen molar-refractivity contribution >= 4 is 18.0 Å². The fourth-order valence-corrected chi connectivity index (χ4v) is 6.60. The van der Waals surface area contributed by atoms with E-state index in [-0.39, 0.29) is 32.1 Å². The molecule has 4 aromatic rings. The number of alkyl carbamates (subject to hydrolysis) is 1. The number of carbonyl (C=O) groups is 3. The molecule has 1 aliphatic heterocycles. The summed E-state index contributed by atoms with van der Waals surface area (Å²) in [6.45, 7) is 3.17. The molecule has 0 spiro atoms. The first-order valence-electron chi connectivity index (χ1n) is 15.9. The van der Waals surface area contributed by atoms with Gasteiger partial charge in [0.2, 0.25) is 5.91 Å². The summed E-state index contributed by atoms with van der Waals surface area (Å²) < 4.78 is 11.7. The van der Waals surface area contributed by atoms with Gasteiger partial charge in [-0.1, -0.05) is 109 Å². The first-order chi connectivity index (χ1) is 22.8. The molecule has 1 aliphatic carbocycles. The predicted octanol–water partition coefficient (Wildman–Crippen LogP) is 5.34. The second kappa shape index (κ2) is 14.2. The van der Waals surface area contributed by atoms with E-state index in [0.717, 1.165) is 33.4 Å². The standard InChI is InChI=1S/C38H39N3O6/c1-26(46-23-28-14-6-3-7-15-28)34(35(42)43)39-36(44)38(20-21-41(25-38)22-27-12-4-2-5-13-27)40-37(45)47-24-33-31-18-10-8-16-29(31)30-17-9-11-19-32(30)33/h2-19,26,33-34H,20-25H2,1H3,(H,39,44)(H,40,45)(H,42,43). The van der Waals surface area contributed by atoms with Crippen LogP contribution in [-0.2, 0) is 32.2 Å². The Morgan fingerprint density at radius 3 is 2.04 bits per heavy atom. The van der Waals surface area contributed by atoms with Crippen molar-refractivity contribution in [3.05, 3.63) is 131 Å². The van der Waals surface area contributed by atoms with E-state index in [0.29, 0.717) is 13.1 Å². The highest BCUT2D eigenvalue weighted by atomic mass is 16.5. The Kier molecular flexibility index (Phi) is 9.65. The molecule has 4 aromatic carbocycles. The third-order valence-electron chi connectivity index (χ3n) is 9.09. The molecule has 0 radical (unpaired) electrons. The van der Waals surface area contributed by atoms with Gasteiger partial charge in [0.15, 0.2) is 6.04 Å². The van der Waals surface area contributed by atoms with Crippen LogP contribution >= 0.6 is 0 Å². The van der Waals surface area contributed by atoms with E-state index in [1.165, 1.54) is 0 Å². The summed E-state index contributed by atoms with van der Waals surface area (Å²) in [5, 5.41) is 15.7. The van der Waals surface area contributed by atoms with E-state index in [9.17, 15) is 19.5 Å². The lowest BCUT2D eigenvalue weighted by atomic mass is 9.96. The predicted molar refractivity (Wildman–Crippen MR) is 178 cm³/mol. The maximum Gasteiger partial charge on any atom is 0.408 e. The van der Waals surface area contributed by atoms with Crippen LogP contribution in [0.15, 0.2) is 109 Å². The molecule has 1 fully saturated rings. The van der Waals surface area contributed by atoms with Crippen LogP contribution in [0.5, 0.6) is 0 Å². The van der Waals surface area contributed by atoms with Crippen LogP contribution in [0.25, 0.3) is 11.1 Å². The molecule has 47 heavy (non-hydrogen) atoms. The third kappa shape index (κ3) is 7.21. The number of benzene rings is 4. The van der Waals surface area contributed by atoms with E-state index in [4.69, 9.17) is 9.47 Å². The van der Waals surface area contributed by atoms with Crippen LogP contribution in [-0.4, -0.2) is 65.4 Å². The highest BCUT2D eigenvalue weighted by Crippen LogP contribution is 2.44. The normalized spacial score (nSPS) is 18.5. The summed E-state index contributed by atoms with van der Waals surface area (Å²) in [4.78, 5) is 42.0. The number of carboxylic acid groups (broad SMARTS) is 1. The lowest BCUT2D eigenvalue weighted by molar-refractivity contribution is -0.147. The monoisotopic (exact) mass is 633 g/mol. The van der Waals surface area contributed by atoms with Crippen molar-refractivity contribution in [2.24, 2.45) is 0 Å². The Labute approximate surface area is 274 Å². The van der Waals surface area contributed by atoms with Crippen molar-refractivity contribution in [2.45, 2.75) is 50.1 Å². The molecule has 2 amide bonds. The van der Waals surface area contributed by atoms with Crippen LogP contribution < -0.4 is 10.6 Å². The number of nitrogens with one attached hydrogen (secondary N) is 2. The summed E-state index contributed by atoms with van der Waals surface area (Å²) in [5.41, 5.74) is 4.93. The molecule has 3 atom stereocenters. The van der Waals surface area contributed by atoms with Crippen LogP contribution in [0.2, 0.25) is 0 Å². The molecule has 3 N–H and O–H groups in total. The van der Waals surface area contributed by atoms with Crippen molar-refractivity contribution in [3.63, 3.8) is 0 Å². The van der Waals surface area contributed by atoms with Gasteiger partial charge in [-0.25, -0.2) is 9.59 Å². The quantitative estimate of drug-likeness (QED) is 0.193. The topological polar surface area (TPSA) is 117 Å². The summed E-state index contributed by atoms with van der Waals surface area (Å²) >= 11 is 0. The zero-order chi connectivity index (χ0) is 32.8. The highest BCUT2D eigenvalue weighted by Gasteiger charge is 2.48. The number of carbonyl (C=O) groups excluding carboxylic acids is 2. The average molecular weight is 634 g/mol. The Balaban J connectivity index is 1.17. The van der Waals surface area contributed by atoms with Crippen LogP contribution in [0.1, 0.15) is 41.5 Å². The minimum Gasteiger partial charge on any atom is -0.480 e. The highest BCUT2D eigenvalue weighted by molar-refractivity contribution is 5.93. The molecule has 1 saturated heterocycles. The Morgan fingerprint density at radius 1 is 0.851 bits per heavy atom. The smallest absolute Gasteiger partial charge is 0.408 e. The molecule has 1 heterocycles. The number of ether oxygens (including phenoxy) is 2. The zero-order valence-corrected chi connectivity index (χ0v) is 26.3. The summed E-state index contributed by atoms with van der Waals surface area (Å²) in [5.74, 6) is -1.96. The third-order valence-corrected chi connectivity index (χ3v) is 9.09. The molecule has 9 nitrogen and oxygen atoms in total. The number of carboxylic acids is 1. The van der Waals surface area contributed by atoms with E-state index in [2.05, 4.69) is 27.7 Å². The van der Waals surface area contributed by atoms with Gasteiger partial charge >= 0.3 is 12.1 Å². The fraction of sp³-hybridized carbons (Fsp3) is 0.289. The van der Waals surface area contributed by atoms with Crippen LogP contribution in [0.3, 0.4) is 0 Å². The number of rotatable bonds is 12. The first-order valence-corrected chi connectivity index (χ1v) is 15.9. The maximum absolute atomic E-state index is 14.1. The van der Waals surface area contributed by atoms with Crippen molar-refractivity contribution in [1.82, 2.24) is 15.5 Å². The van der Waals surface area contributed by atoms with Gasteiger partial charge in [-0.05, 0) is 46.7 Å². The molecule has 9 heteroatoms. The number of amides is 2. The molecule has 0 bridgehead atoms. The van der Waals surface area contributed by atoms with E-state index in [1.54, 1.807) is 6.92 Å². The van der Waals surface area contributed by atoms with E-state index in [1.807, 2.05) is 97.1 Å². The summed E-state index contributed by atoms with van der Waals surface area (Å²) in [6, 6.07) is 34.1. The first kappa shape index (κ1) is 32.0. The van der Waals surface area contributed by atoms with Crippen molar-refractivity contribution in [3.8, 4) is 11.1 Å². The van der Waals surface area contributed by atoms with Gasteiger partial charge in [-0.3, -0.25) is 9.69 Å². The van der Waals surface area contributed by atoms with Gasteiger partial charge in [-0.15, -0.1) is 0 Å². The van der Waals surface area contributed by atoms with E-state index < -0.39 is 35.7 Å². The van der Waals surface area contributed by atoms with Gasteiger partial charge in [0, 0.05) is 25.6 Å². The maximum atomic E-state index is 14.1. The molecule has 242 valence electrons. The number of nitrogens with zero attached hydrogens (tertiary/aromatic N) is 1. The number of likely N-dealkylation sites (tertiary alicyclic amines) is 1. The van der Waals surface area contributed by atoms with Gasteiger partial charge < -0.3 is 25.2 Å². The minimum atomic E-state index is -1.41. The van der Waals surface area contributed by atoms with E-state index >= 15 is 0 Å². The number of hydrogen-bond donors (Lipinski definition) is 3. The molecule has 6 rings (SSSR count). The molecule has 2 aliphatic rings. The molecular formula is C38H39N3O6. The SMILES string of the molecule is CC(OCc1ccccc1)C(NC(=O)C1(NC(=O)OCC2c3ccccc3-c3ccccc32)CCN(Cc2ccccc2)C1)C(=O)O. The number of fused-ring (bicyclic) bond motifs is 3. The minimum absolute atomic E-state index is 0.0907. The summed E-state index contributed by atoms with van der Waals surface area (Å²) in [7, 11) is 0. The van der Waals surface area contributed by atoms with Gasteiger partial charge in [0.05, 0.1) is 12.7 Å². The van der Waals surface area contributed by atoms with Crippen molar-refractivity contribution < 1.29 is 29.0 Å². The largest absolute Gasteiger partial charge is 0.480 e. The Morgan fingerprint density at radius 2 is 1.43 bits per heavy atom. The lowest BCUT2D eigenvalue weighted by Crippen LogP contribution is -2.64. The van der Waals surface area contributed by atoms with Crippen molar-refractivity contribution in [2.75, 3.05) is 19.7 Å². The average Bonchev–Trinajstić information content (AvgIpc) is 3.64. The second-order valence-corrected chi connectivity index (χ2v) is 12.3.